The molecule has 0 aromatic heterocycles. The molecular formula is C19H18ClF3N2O. The average molecular weight is 383 g/mol. The Labute approximate surface area is 154 Å². The number of alkyl halides is 4. The molecule has 1 N–H and O–H groups in total. The highest BCUT2D eigenvalue weighted by molar-refractivity contribution is 6.17. The van der Waals surface area contributed by atoms with E-state index in [4.69, 9.17) is 16.3 Å². The third-order valence-corrected chi connectivity index (χ3v) is 4.39. The van der Waals surface area contributed by atoms with Gasteiger partial charge in [-0.15, -0.1) is 11.6 Å². The van der Waals surface area contributed by atoms with E-state index in [2.05, 4.69) is 10.3 Å². The second-order valence-electron chi connectivity index (χ2n) is 5.98. The largest absolute Gasteiger partial charge is 0.416 e. The van der Waals surface area contributed by atoms with Gasteiger partial charge >= 0.3 is 6.18 Å². The monoisotopic (exact) mass is 382 g/mol. The summed E-state index contributed by atoms with van der Waals surface area (Å²) in [7, 11) is 0. The van der Waals surface area contributed by atoms with Crippen molar-refractivity contribution in [2.45, 2.75) is 37.7 Å². The average Bonchev–Trinajstić information content (AvgIpc) is 3.04. The van der Waals surface area contributed by atoms with Gasteiger partial charge in [-0.05, 0) is 36.2 Å². The van der Waals surface area contributed by atoms with Crippen molar-refractivity contribution in [3.63, 3.8) is 0 Å². The van der Waals surface area contributed by atoms with Gasteiger partial charge in [0, 0.05) is 17.1 Å². The van der Waals surface area contributed by atoms with Crippen molar-refractivity contribution < 1.29 is 17.9 Å². The number of nitrogens with zero attached hydrogens (tertiary/aromatic N) is 1. The van der Waals surface area contributed by atoms with Gasteiger partial charge in [0.25, 0.3) is 0 Å². The van der Waals surface area contributed by atoms with Crippen LogP contribution in [0.15, 0.2) is 53.5 Å². The molecule has 0 saturated heterocycles. The predicted octanol–water partition coefficient (Wildman–Crippen LogP) is 5.76. The third kappa shape index (κ3) is 4.19. The van der Waals surface area contributed by atoms with Gasteiger partial charge in [0.05, 0.1) is 5.56 Å². The predicted molar refractivity (Wildman–Crippen MR) is 96.4 cm³/mol. The maximum Gasteiger partial charge on any atom is 0.416 e. The van der Waals surface area contributed by atoms with Gasteiger partial charge in [0.2, 0.25) is 0 Å². The van der Waals surface area contributed by atoms with Crippen LogP contribution in [-0.2, 0) is 16.8 Å². The minimum Gasteiger partial charge on any atom is -0.342 e. The lowest BCUT2D eigenvalue weighted by Gasteiger charge is -2.15. The minimum atomic E-state index is -4.40. The topological polar surface area (TPSA) is 33.6 Å². The van der Waals surface area contributed by atoms with E-state index in [0.717, 1.165) is 23.4 Å². The van der Waals surface area contributed by atoms with Gasteiger partial charge in [-0.2, -0.15) is 13.2 Å². The molecule has 0 bridgehead atoms. The molecule has 0 aliphatic carbocycles. The molecule has 1 aliphatic rings. The molecule has 7 heteroatoms. The lowest BCUT2D eigenvalue weighted by Crippen LogP contribution is -2.25. The van der Waals surface area contributed by atoms with Crippen LogP contribution in [0.3, 0.4) is 0 Å². The Morgan fingerprint density at radius 2 is 1.92 bits per heavy atom. The molecule has 0 amide bonds. The zero-order valence-corrected chi connectivity index (χ0v) is 14.8. The van der Waals surface area contributed by atoms with Crippen LogP contribution in [0.2, 0.25) is 0 Å². The minimum absolute atomic E-state index is 0.311. The summed E-state index contributed by atoms with van der Waals surface area (Å²) in [5, 5.41) is 3.21. The summed E-state index contributed by atoms with van der Waals surface area (Å²) >= 11 is 5.85. The van der Waals surface area contributed by atoms with Crippen molar-refractivity contribution in [3.05, 3.63) is 65.2 Å². The summed E-state index contributed by atoms with van der Waals surface area (Å²) in [6.07, 6.45) is -4.82. The number of ether oxygens (including phenoxy) is 1. The van der Waals surface area contributed by atoms with Crippen molar-refractivity contribution in [3.8, 4) is 0 Å². The molecule has 2 unspecified atom stereocenters. The van der Waals surface area contributed by atoms with Crippen LogP contribution in [0.5, 0.6) is 0 Å². The second kappa shape index (κ2) is 7.68. The van der Waals surface area contributed by atoms with Crippen LogP contribution in [-0.4, -0.2) is 11.9 Å². The Hall–Kier alpha value is -2.05. The number of aliphatic imine (C=N–C) groups is 1. The van der Waals surface area contributed by atoms with Gasteiger partial charge in [0.15, 0.2) is 6.23 Å². The van der Waals surface area contributed by atoms with E-state index in [1.807, 2.05) is 31.2 Å². The van der Waals surface area contributed by atoms with E-state index in [1.54, 1.807) is 6.07 Å². The Morgan fingerprint density at radius 3 is 2.62 bits per heavy atom. The number of hydrogen-bond acceptors (Lipinski definition) is 3. The highest BCUT2D eigenvalue weighted by atomic mass is 35.5. The summed E-state index contributed by atoms with van der Waals surface area (Å²) in [5.41, 5.74) is 1.44. The van der Waals surface area contributed by atoms with Crippen LogP contribution in [0.25, 0.3) is 0 Å². The molecule has 0 fully saturated rings. The van der Waals surface area contributed by atoms with Gasteiger partial charge in [0.1, 0.15) is 11.9 Å². The van der Waals surface area contributed by atoms with Crippen molar-refractivity contribution in [2.75, 3.05) is 5.32 Å². The maximum absolute atomic E-state index is 12.9. The summed E-state index contributed by atoms with van der Waals surface area (Å²) in [6.45, 7) is 1.94. The van der Waals surface area contributed by atoms with Crippen molar-refractivity contribution >= 4 is 23.1 Å². The van der Waals surface area contributed by atoms with Crippen molar-refractivity contribution in [1.29, 1.82) is 0 Å². The molecule has 2 atom stereocenters. The number of hydrogen-bond donors (Lipinski definition) is 1. The highest BCUT2D eigenvalue weighted by Crippen LogP contribution is 2.34. The lowest BCUT2D eigenvalue weighted by atomic mass is 10.1. The Morgan fingerprint density at radius 1 is 1.15 bits per heavy atom. The fourth-order valence-electron chi connectivity index (χ4n) is 2.76. The van der Waals surface area contributed by atoms with Crippen molar-refractivity contribution in [1.82, 2.24) is 0 Å². The third-order valence-electron chi connectivity index (χ3n) is 4.08. The SMILES string of the molecule is CCC1OC(c2cccc(C(F)(F)F)c2)N=C1Nc1cccc(CCl)c1. The van der Waals surface area contributed by atoms with E-state index in [9.17, 15) is 13.2 Å². The number of nitrogens with one attached hydrogen (secondary N) is 1. The van der Waals surface area contributed by atoms with Gasteiger partial charge in [-0.1, -0.05) is 31.2 Å². The normalized spacial score (nSPS) is 20.1. The summed E-state index contributed by atoms with van der Waals surface area (Å²) < 4.78 is 44.6. The summed E-state index contributed by atoms with van der Waals surface area (Å²) in [6, 6.07) is 12.6. The quantitative estimate of drug-likeness (QED) is 0.682. The molecule has 138 valence electrons. The van der Waals surface area contributed by atoms with Gasteiger partial charge in [-0.3, -0.25) is 0 Å². The molecule has 2 aromatic carbocycles. The number of amidine groups is 1. The van der Waals surface area contributed by atoms with E-state index < -0.39 is 18.0 Å². The molecule has 1 aliphatic heterocycles. The number of rotatable bonds is 4. The number of benzene rings is 2. The summed E-state index contributed by atoms with van der Waals surface area (Å²) in [5.74, 6) is 0.990. The van der Waals surface area contributed by atoms with Crippen LogP contribution in [0, 0.1) is 0 Å². The molecule has 0 spiro atoms. The molecular weight excluding hydrogens is 365 g/mol. The Bertz CT molecular complexity index is 807. The maximum atomic E-state index is 12.9. The van der Waals surface area contributed by atoms with Crippen molar-refractivity contribution in [2.24, 2.45) is 4.99 Å². The van der Waals surface area contributed by atoms with E-state index in [1.165, 1.54) is 6.07 Å². The number of halogens is 4. The second-order valence-corrected chi connectivity index (χ2v) is 6.25. The van der Waals surface area contributed by atoms with Crippen LogP contribution < -0.4 is 5.32 Å². The molecule has 1 heterocycles. The Balaban J connectivity index is 1.84. The van der Waals surface area contributed by atoms with E-state index >= 15 is 0 Å². The first-order valence-corrected chi connectivity index (χ1v) is 8.76. The van der Waals surface area contributed by atoms with E-state index in [-0.39, 0.29) is 6.10 Å². The first-order chi connectivity index (χ1) is 12.4. The van der Waals surface area contributed by atoms with Crippen LogP contribution >= 0.6 is 11.6 Å². The molecule has 3 rings (SSSR count). The van der Waals surface area contributed by atoms with Gasteiger partial charge in [-0.25, -0.2) is 4.99 Å². The zero-order chi connectivity index (χ0) is 18.7. The fraction of sp³-hybridized carbons (Fsp3) is 0.316. The van der Waals surface area contributed by atoms with Crippen LogP contribution in [0.1, 0.15) is 36.3 Å². The molecule has 2 aromatic rings. The summed E-state index contributed by atoms with van der Waals surface area (Å²) in [4.78, 5) is 4.47. The molecule has 3 nitrogen and oxygen atoms in total. The lowest BCUT2D eigenvalue weighted by molar-refractivity contribution is -0.137. The molecule has 0 radical (unpaired) electrons. The number of anilines is 1. The van der Waals surface area contributed by atoms with Gasteiger partial charge < -0.3 is 10.1 Å². The first kappa shape index (κ1) is 18.7. The smallest absolute Gasteiger partial charge is 0.342 e. The Kier molecular flexibility index (Phi) is 5.53. The first-order valence-electron chi connectivity index (χ1n) is 8.23. The molecule has 26 heavy (non-hydrogen) atoms. The van der Waals surface area contributed by atoms with E-state index in [0.29, 0.717) is 23.7 Å². The zero-order valence-electron chi connectivity index (χ0n) is 14.1. The highest BCUT2D eigenvalue weighted by Gasteiger charge is 2.33. The van der Waals surface area contributed by atoms with Crippen LogP contribution in [0.4, 0.5) is 18.9 Å². The standard InChI is InChI=1S/C19H18ClF3N2O/c1-2-16-17(24-15-8-3-5-12(9-15)11-20)25-18(26-16)13-6-4-7-14(10-13)19(21,22)23/h3-10,16,18H,2,11H2,1H3,(H,24,25). The molecule has 0 saturated carbocycles. The fourth-order valence-corrected chi connectivity index (χ4v) is 2.93.